The third kappa shape index (κ3) is 4.75. The monoisotopic (exact) mass is 356 g/mol. The van der Waals surface area contributed by atoms with Crippen LogP contribution in [0.3, 0.4) is 0 Å². The van der Waals surface area contributed by atoms with Crippen LogP contribution in [0, 0.1) is 5.82 Å². The molecule has 0 spiro atoms. The SMILES string of the molecule is O=C(CNS(=O)(=O)c1ccccc1Cl)NCc1ccccc1F. The lowest BCUT2D eigenvalue weighted by Crippen LogP contribution is -2.36. The first-order chi connectivity index (χ1) is 10.9. The molecule has 0 saturated carbocycles. The molecule has 2 rings (SSSR count). The molecule has 0 radical (unpaired) electrons. The molecule has 0 heterocycles. The van der Waals surface area contributed by atoms with E-state index in [0.717, 1.165) is 0 Å². The Hall–Kier alpha value is -1.96. The molecular formula is C15H14ClFN2O3S. The quantitative estimate of drug-likeness (QED) is 0.832. The Morgan fingerprint density at radius 3 is 2.43 bits per heavy atom. The highest BCUT2D eigenvalue weighted by Crippen LogP contribution is 2.19. The summed E-state index contributed by atoms with van der Waals surface area (Å²) in [6.45, 7) is -0.499. The minimum absolute atomic E-state index is 0.0284. The number of amides is 1. The van der Waals surface area contributed by atoms with Crippen LogP contribution in [-0.4, -0.2) is 20.9 Å². The second-order valence-electron chi connectivity index (χ2n) is 4.62. The van der Waals surface area contributed by atoms with Crippen LogP contribution in [0.4, 0.5) is 4.39 Å². The highest BCUT2D eigenvalue weighted by molar-refractivity contribution is 7.89. The van der Waals surface area contributed by atoms with Crippen LogP contribution in [-0.2, 0) is 21.4 Å². The smallest absolute Gasteiger partial charge is 0.242 e. The van der Waals surface area contributed by atoms with Crippen LogP contribution in [0.2, 0.25) is 5.02 Å². The van der Waals surface area contributed by atoms with Crippen molar-refractivity contribution >= 4 is 27.5 Å². The standard InChI is InChI=1S/C15H14ClFN2O3S/c16-12-6-2-4-8-14(12)23(21,22)19-10-15(20)18-9-11-5-1-3-7-13(11)17/h1-8,19H,9-10H2,(H,18,20). The van der Waals surface area contributed by atoms with Crippen LogP contribution in [0.5, 0.6) is 0 Å². The Morgan fingerprint density at radius 1 is 1.09 bits per heavy atom. The van der Waals surface area contributed by atoms with Gasteiger partial charge in [0.2, 0.25) is 15.9 Å². The normalized spacial score (nSPS) is 11.2. The summed E-state index contributed by atoms with van der Waals surface area (Å²) in [5.41, 5.74) is 0.315. The van der Waals surface area contributed by atoms with Crippen molar-refractivity contribution in [2.45, 2.75) is 11.4 Å². The van der Waals surface area contributed by atoms with Crippen molar-refractivity contribution in [2.24, 2.45) is 0 Å². The van der Waals surface area contributed by atoms with E-state index in [1.165, 1.54) is 30.3 Å². The zero-order valence-electron chi connectivity index (χ0n) is 11.9. The number of carbonyl (C=O) groups is 1. The first kappa shape index (κ1) is 17.4. The van der Waals surface area contributed by atoms with E-state index in [2.05, 4.69) is 10.0 Å². The fourth-order valence-corrected chi connectivity index (χ4v) is 3.30. The van der Waals surface area contributed by atoms with Gasteiger partial charge in [-0.3, -0.25) is 4.79 Å². The second kappa shape index (κ2) is 7.54. The number of halogens is 2. The maximum atomic E-state index is 13.4. The van der Waals surface area contributed by atoms with Crippen molar-refractivity contribution in [1.82, 2.24) is 10.0 Å². The predicted molar refractivity (Wildman–Crippen MR) is 84.9 cm³/mol. The summed E-state index contributed by atoms with van der Waals surface area (Å²) in [5, 5.41) is 2.50. The zero-order chi connectivity index (χ0) is 16.9. The van der Waals surface area contributed by atoms with Gasteiger partial charge in [0.25, 0.3) is 0 Å². The van der Waals surface area contributed by atoms with Crippen molar-refractivity contribution in [1.29, 1.82) is 0 Å². The molecule has 2 N–H and O–H groups in total. The van der Waals surface area contributed by atoms with Crippen molar-refractivity contribution in [3.63, 3.8) is 0 Å². The number of hydrogen-bond donors (Lipinski definition) is 2. The molecule has 1 amide bonds. The number of nitrogens with one attached hydrogen (secondary N) is 2. The van der Waals surface area contributed by atoms with Crippen LogP contribution < -0.4 is 10.0 Å². The highest BCUT2D eigenvalue weighted by Gasteiger charge is 2.18. The average Bonchev–Trinajstić information content (AvgIpc) is 2.52. The topological polar surface area (TPSA) is 75.3 Å². The maximum Gasteiger partial charge on any atom is 0.242 e. The van der Waals surface area contributed by atoms with Gasteiger partial charge in [-0.1, -0.05) is 41.9 Å². The third-order valence-electron chi connectivity index (χ3n) is 2.98. The summed E-state index contributed by atoms with van der Waals surface area (Å²) >= 11 is 5.82. The van der Waals surface area contributed by atoms with E-state index >= 15 is 0 Å². The molecule has 0 fully saturated rings. The summed E-state index contributed by atoms with van der Waals surface area (Å²) in [5.74, 6) is -1.02. The fourth-order valence-electron chi connectivity index (χ4n) is 1.80. The van der Waals surface area contributed by atoms with Gasteiger partial charge in [0.15, 0.2) is 0 Å². The van der Waals surface area contributed by atoms with E-state index in [4.69, 9.17) is 11.6 Å². The van der Waals surface area contributed by atoms with E-state index in [0.29, 0.717) is 5.56 Å². The molecular weight excluding hydrogens is 343 g/mol. The van der Waals surface area contributed by atoms with Gasteiger partial charge in [-0.25, -0.2) is 17.5 Å². The van der Waals surface area contributed by atoms with Crippen LogP contribution in [0.25, 0.3) is 0 Å². The largest absolute Gasteiger partial charge is 0.351 e. The first-order valence-corrected chi connectivity index (χ1v) is 8.50. The number of carbonyl (C=O) groups excluding carboxylic acids is 1. The molecule has 0 saturated heterocycles. The molecule has 0 atom stereocenters. The molecule has 2 aromatic carbocycles. The minimum Gasteiger partial charge on any atom is -0.351 e. The van der Waals surface area contributed by atoms with Crippen LogP contribution in [0.1, 0.15) is 5.56 Å². The van der Waals surface area contributed by atoms with Crippen molar-refractivity contribution < 1.29 is 17.6 Å². The predicted octanol–water partition coefficient (Wildman–Crippen LogP) is 2.07. The molecule has 8 heteroatoms. The van der Waals surface area contributed by atoms with Crippen molar-refractivity contribution in [3.8, 4) is 0 Å². The lowest BCUT2D eigenvalue weighted by atomic mass is 10.2. The molecule has 0 bridgehead atoms. The highest BCUT2D eigenvalue weighted by atomic mass is 35.5. The summed E-state index contributed by atoms with van der Waals surface area (Å²) < 4.78 is 39.7. The average molecular weight is 357 g/mol. The van der Waals surface area contributed by atoms with Gasteiger partial charge in [-0.2, -0.15) is 0 Å². The van der Waals surface area contributed by atoms with Gasteiger partial charge in [0.05, 0.1) is 11.6 Å². The van der Waals surface area contributed by atoms with E-state index in [1.807, 2.05) is 0 Å². The molecule has 0 aliphatic rings. The number of hydrogen-bond acceptors (Lipinski definition) is 3. The van der Waals surface area contributed by atoms with E-state index in [1.54, 1.807) is 18.2 Å². The Morgan fingerprint density at radius 2 is 1.74 bits per heavy atom. The maximum absolute atomic E-state index is 13.4. The molecule has 23 heavy (non-hydrogen) atoms. The summed E-state index contributed by atoms with van der Waals surface area (Å²) in [6.07, 6.45) is 0. The van der Waals surface area contributed by atoms with Gasteiger partial charge < -0.3 is 5.32 Å². The fraction of sp³-hybridized carbons (Fsp3) is 0.133. The van der Waals surface area contributed by atoms with Crippen LogP contribution >= 0.6 is 11.6 Å². The van der Waals surface area contributed by atoms with E-state index < -0.39 is 28.3 Å². The van der Waals surface area contributed by atoms with Gasteiger partial charge in [0, 0.05) is 12.1 Å². The molecule has 2 aromatic rings. The number of sulfonamides is 1. The lowest BCUT2D eigenvalue weighted by molar-refractivity contribution is -0.120. The molecule has 122 valence electrons. The molecule has 0 aliphatic heterocycles. The summed E-state index contributed by atoms with van der Waals surface area (Å²) in [6, 6.07) is 11.9. The van der Waals surface area contributed by atoms with Crippen LogP contribution in [0.15, 0.2) is 53.4 Å². The molecule has 0 aliphatic carbocycles. The summed E-state index contributed by atoms with van der Waals surface area (Å²) in [7, 11) is -3.89. The van der Waals surface area contributed by atoms with Gasteiger partial charge in [-0.05, 0) is 18.2 Å². The first-order valence-electron chi connectivity index (χ1n) is 6.64. The van der Waals surface area contributed by atoms with Crippen molar-refractivity contribution in [3.05, 3.63) is 64.9 Å². The Balaban J connectivity index is 1.92. The number of rotatable bonds is 6. The Labute approximate surface area is 138 Å². The number of benzene rings is 2. The lowest BCUT2D eigenvalue weighted by Gasteiger charge is -2.09. The molecule has 0 aromatic heterocycles. The second-order valence-corrected chi connectivity index (χ2v) is 6.77. The Bertz CT molecular complexity index is 812. The molecule has 0 unspecified atom stereocenters. The van der Waals surface area contributed by atoms with Gasteiger partial charge in [-0.15, -0.1) is 0 Å². The minimum atomic E-state index is -3.89. The van der Waals surface area contributed by atoms with E-state index in [9.17, 15) is 17.6 Å². The third-order valence-corrected chi connectivity index (χ3v) is 4.88. The molecule has 5 nitrogen and oxygen atoms in total. The van der Waals surface area contributed by atoms with Gasteiger partial charge >= 0.3 is 0 Å². The summed E-state index contributed by atoms with van der Waals surface area (Å²) in [4.78, 5) is 11.6. The Kier molecular flexibility index (Phi) is 5.70. The van der Waals surface area contributed by atoms with Crippen molar-refractivity contribution in [2.75, 3.05) is 6.54 Å². The van der Waals surface area contributed by atoms with E-state index in [-0.39, 0.29) is 16.5 Å². The van der Waals surface area contributed by atoms with Gasteiger partial charge in [0.1, 0.15) is 10.7 Å². The zero-order valence-corrected chi connectivity index (χ0v) is 13.5.